The molecule has 3 heterocycles. The molecule has 1 aromatic heterocycles. The van der Waals surface area contributed by atoms with Crippen LogP contribution in [0.15, 0.2) is 12.3 Å². The highest BCUT2D eigenvalue weighted by molar-refractivity contribution is 6.31. The van der Waals surface area contributed by atoms with Gasteiger partial charge in [0.2, 0.25) is 0 Å². The highest BCUT2D eigenvalue weighted by Gasteiger charge is 2.30. The van der Waals surface area contributed by atoms with Crippen molar-refractivity contribution >= 4 is 17.4 Å². The van der Waals surface area contributed by atoms with Crippen LogP contribution in [0.4, 0.5) is 5.82 Å². The second-order valence-corrected chi connectivity index (χ2v) is 4.59. The van der Waals surface area contributed by atoms with Gasteiger partial charge in [0.15, 0.2) is 0 Å². The highest BCUT2D eigenvalue weighted by Crippen LogP contribution is 2.33. The van der Waals surface area contributed by atoms with Crippen molar-refractivity contribution in [3.05, 3.63) is 22.8 Å². The van der Waals surface area contributed by atoms with Crippen LogP contribution in [-0.2, 0) is 6.42 Å². The summed E-state index contributed by atoms with van der Waals surface area (Å²) in [6, 6.07) is 2.50. The molecule has 0 aliphatic carbocycles. The topological polar surface area (TPSA) is 28.2 Å². The van der Waals surface area contributed by atoms with Crippen LogP contribution in [0.2, 0.25) is 5.02 Å². The Labute approximate surface area is 94.4 Å². The number of fused-ring (bicyclic) bond motifs is 3. The van der Waals surface area contributed by atoms with Gasteiger partial charge in [0.1, 0.15) is 5.82 Å². The van der Waals surface area contributed by atoms with E-state index in [1.54, 1.807) is 0 Å². The SMILES string of the molecule is Clc1ccnc2c1CC[C@@H]1CNCCN21. The number of pyridine rings is 1. The van der Waals surface area contributed by atoms with Gasteiger partial charge in [-0.25, -0.2) is 4.98 Å². The van der Waals surface area contributed by atoms with Crippen LogP contribution in [0, 0.1) is 0 Å². The Kier molecular flexibility index (Phi) is 2.29. The minimum absolute atomic E-state index is 0.609. The van der Waals surface area contributed by atoms with Crippen molar-refractivity contribution in [3.63, 3.8) is 0 Å². The number of anilines is 1. The number of halogens is 1. The molecular weight excluding hydrogens is 210 g/mol. The minimum atomic E-state index is 0.609. The molecule has 0 saturated carbocycles. The third kappa shape index (κ3) is 1.50. The molecule has 0 unspecified atom stereocenters. The monoisotopic (exact) mass is 223 g/mol. The van der Waals surface area contributed by atoms with E-state index in [0.717, 1.165) is 36.9 Å². The molecule has 0 spiro atoms. The number of nitrogens with one attached hydrogen (secondary N) is 1. The molecule has 1 atom stereocenters. The molecule has 80 valence electrons. The maximum Gasteiger partial charge on any atom is 0.133 e. The largest absolute Gasteiger partial charge is 0.351 e. The van der Waals surface area contributed by atoms with Gasteiger partial charge in [0.05, 0.1) is 0 Å². The Bertz CT molecular complexity index is 380. The van der Waals surface area contributed by atoms with E-state index in [-0.39, 0.29) is 0 Å². The molecule has 3 nitrogen and oxygen atoms in total. The summed E-state index contributed by atoms with van der Waals surface area (Å²) < 4.78 is 0. The molecule has 1 aromatic rings. The van der Waals surface area contributed by atoms with Crippen molar-refractivity contribution in [2.24, 2.45) is 0 Å². The number of hydrogen-bond acceptors (Lipinski definition) is 3. The molecule has 0 amide bonds. The molecule has 1 fully saturated rings. The first-order valence-corrected chi connectivity index (χ1v) is 5.85. The summed E-state index contributed by atoms with van der Waals surface area (Å²) in [6.45, 7) is 3.17. The molecule has 0 aromatic carbocycles. The third-order valence-corrected chi connectivity index (χ3v) is 3.68. The summed E-state index contributed by atoms with van der Waals surface area (Å²) in [5.74, 6) is 1.11. The normalized spacial score (nSPS) is 24.6. The predicted molar refractivity (Wildman–Crippen MR) is 61.6 cm³/mol. The van der Waals surface area contributed by atoms with Crippen molar-refractivity contribution in [3.8, 4) is 0 Å². The van der Waals surface area contributed by atoms with Crippen LogP contribution in [-0.4, -0.2) is 30.7 Å². The van der Waals surface area contributed by atoms with Gasteiger partial charge in [-0.15, -0.1) is 0 Å². The molecule has 0 radical (unpaired) electrons. The maximum atomic E-state index is 6.19. The van der Waals surface area contributed by atoms with Crippen molar-refractivity contribution in [2.45, 2.75) is 18.9 Å². The van der Waals surface area contributed by atoms with Gasteiger partial charge in [-0.3, -0.25) is 0 Å². The predicted octanol–water partition coefficient (Wildman–Crippen LogP) is 1.46. The van der Waals surface area contributed by atoms with E-state index in [0.29, 0.717) is 6.04 Å². The smallest absolute Gasteiger partial charge is 0.133 e. The third-order valence-electron chi connectivity index (χ3n) is 3.33. The molecule has 0 bridgehead atoms. The molecule has 2 aliphatic rings. The summed E-state index contributed by atoms with van der Waals surface area (Å²) in [6.07, 6.45) is 4.06. The summed E-state index contributed by atoms with van der Waals surface area (Å²) in [5.41, 5.74) is 1.23. The van der Waals surface area contributed by atoms with E-state index in [2.05, 4.69) is 15.2 Å². The molecule has 2 aliphatic heterocycles. The molecule has 15 heavy (non-hydrogen) atoms. The lowest BCUT2D eigenvalue weighted by atomic mass is 9.97. The number of aromatic nitrogens is 1. The molecular formula is C11H14ClN3. The standard InChI is InChI=1S/C11H14ClN3/c12-10-3-4-14-11-9(10)2-1-8-7-13-5-6-15(8)11/h3-4,8,13H,1-2,5-7H2/t8-/m1/s1. The first kappa shape index (κ1) is 9.43. The average Bonchev–Trinajstić information content (AvgIpc) is 2.29. The lowest BCUT2D eigenvalue weighted by Crippen LogP contribution is -2.53. The fourth-order valence-electron chi connectivity index (χ4n) is 2.55. The fraction of sp³-hybridized carbons (Fsp3) is 0.545. The number of rotatable bonds is 0. The summed E-state index contributed by atoms with van der Waals surface area (Å²) in [4.78, 5) is 6.88. The quantitative estimate of drug-likeness (QED) is 0.722. The second-order valence-electron chi connectivity index (χ2n) is 4.18. The molecule has 1 N–H and O–H groups in total. The number of hydrogen-bond donors (Lipinski definition) is 1. The van der Waals surface area contributed by atoms with Crippen molar-refractivity contribution in [1.82, 2.24) is 10.3 Å². The maximum absolute atomic E-state index is 6.19. The van der Waals surface area contributed by atoms with Gasteiger partial charge in [-0.2, -0.15) is 0 Å². The lowest BCUT2D eigenvalue weighted by molar-refractivity contribution is 0.436. The van der Waals surface area contributed by atoms with E-state index in [1.165, 1.54) is 12.0 Å². The van der Waals surface area contributed by atoms with Gasteiger partial charge in [0, 0.05) is 42.5 Å². The summed E-state index contributed by atoms with van der Waals surface area (Å²) in [5, 5.41) is 4.30. The van der Waals surface area contributed by atoms with Crippen LogP contribution >= 0.6 is 11.6 Å². The van der Waals surface area contributed by atoms with E-state index in [1.807, 2.05) is 12.3 Å². The van der Waals surface area contributed by atoms with Gasteiger partial charge < -0.3 is 10.2 Å². The van der Waals surface area contributed by atoms with E-state index in [4.69, 9.17) is 11.6 Å². The Morgan fingerprint density at radius 3 is 3.40 bits per heavy atom. The van der Waals surface area contributed by atoms with Crippen molar-refractivity contribution < 1.29 is 0 Å². The fourth-order valence-corrected chi connectivity index (χ4v) is 2.78. The van der Waals surface area contributed by atoms with E-state index >= 15 is 0 Å². The summed E-state index contributed by atoms with van der Waals surface area (Å²) in [7, 11) is 0. The first-order chi connectivity index (χ1) is 7.36. The molecule has 3 rings (SSSR count). The van der Waals surface area contributed by atoms with Crippen LogP contribution in [0.5, 0.6) is 0 Å². The van der Waals surface area contributed by atoms with Crippen molar-refractivity contribution in [1.29, 1.82) is 0 Å². The Morgan fingerprint density at radius 2 is 2.47 bits per heavy atom. The Morgan fingerprint density at radius 1 is 1.53 bits per heavy atom. The molecule has 4 heteroatoms. The van der Waals surface area contributed by atoms with Gasteiger partial charge in [0.25, 0.3) is 0 Å². The van der Waals surface area contributed by atoms with Crippen molar-refractivity contribution in [2.75, 3.05) is 24.5 Å². The highest BCUT2D eigenvalue weighted by atomic mass is 35.5. The molecule has 1 saturated heterocycles. The zero-order chi connectivity index (χ0) is 10.3. The van der Waals surface area contributed by atoms with Gasteiger partial charge in [-0.1, -0.05) is 11.6 Å². The van der Waals surface area contributed by atoms with Crippen LogP contribution in [0.1, 0.15) is 12.0 Å². The minimum Gasteiger partial charge on any atom is -0.351 e. The summed E-state index contributed by atoms with van der Waals surface area (Å²) >= 11 is 6.19. The van der Waals surface area contributed by atoms with E-state index in [9.17, 15) is 0 Å². The zero-order valence-corrected chi connectivity index (χ0v) is 9.30. The Hall–Kier alpha value is -0.800. The van der Waals surface area contributed by atoms with Crippen LogP contribution in [0.25, 0.3) is 0 Å². The van der Waals surface area contributed by atoms with Crippen LogP contribution < -0.4 is 10.2 Å². The lowest BCUT2D eigenvalue weighted by Gasteiger charge is -2.41. The average molecular weight is 224 g/mol. The first-order valence-electron chi connectivity index (χ1n) is 5.47. The number of piperazine rings is 1. The van der Waals surface area contributed by atoms with Crippen LogP contribution in [0.3, 0.4) is 0 Å². The van der Waals surface area contributed by atoms with Gasteiger partial charge >= 0.3 is 0 Å². The van der Waals surface area contributed by atoms with E-state index < -0.39 is 0 Å². The Balaban J connectivity index is 2.03. The zero-order valence-electron chi connectivity index (χ0n) is 8.54. The second kappa shape index (κ2) is 3.65. The van der Waals surface area contributed by atoms with Gasteiger partial charge in [-0.05, 0) is 18.9 Å². The number of nitrogens with zero attached hydrogens (tertiary/aromatic N) is 2.